The van der Waals surface area contributed by atoms with Crippen LogP contribution in [0.15, 0.2) is 48.5 Å². The first-order chi connectivity index (χ1) is 16.4. The van der Waals surface area contributed by atoms with Crippen LogP contribution in [0.5, 0.6) is 0 Å². The van der Waals surface area contributed by atoms with E-state index in [2.05, 4.69) is 29.6 Å². The molecule has 7 nitrogen and oxygen atoms in total. The van der Waals surface area contributed by atoms with Gasteiger partial charge in [-0.05, 0) is 41.0 Å². The number of carbonyl (C=O) groups excluding carboxylic acids is 2. The lowest BCUT2D eigenvalue weighted by molar-refractivity contribution is -0.150. The second-order valence-corrected chi connectivity index (χ2v) is 9.35. The first-order valence-corrected chi connectivity index (χ1v) is 12.0. The minimum Gasteiger partial charge on any atom is -0.481 e. The lowest BCUT2D eigenvalue weighted by Crippen LogP contribution is -2.48. The van der Waals surface area contributed by atoms with Crippen LogP contribution in [0.25, 0.3) is 11.1 Å². The summed E-state index contributed by atoms with van der Waals surface area (Å²) in [6, 6.07) is 16.4. The van der Waals surface area contributed by atoms with Gasteiger partial charge < -0.3 is 20.1 Å². The number of rotatable bonds is 9. The van der Waals surface area contributed by atoms with Crippen molar-refractivity contribution in [3.05, 3.63) is 59.7 Å². The Balaban J connectivity index is 1.25. The second kappa shape index (κ2) is 10.3. The number of carboxylic acids is 1. The largest absolute Gasteiger partial charge is 0.481 e. The van der Waals surface area contributed by atoms with E-state index in [0.29, 0.717) is 25.8 Å². The summed E-state index contributed by atoms with van der Waals surface area (Å²) in [7, 11) is 1.73. The molecule has 7 heteroatoms. The molecule has 34 heavy (non-hydrogen) atoms. The van der Waals surface area contributed by atoms with Crippen molar-refractivity contribution in [1.29, 1.82) is 0 Å². The van der Waals surface area contributed by atoms with Gasteiger partial charge in [0.05, 0.1) is 5.92 Å². The van der Waals surface area contributed by atoms with E-state index in [4.69, 9.17) is 9.84 Å². The predicted molar refractivity (Wildman–Crippen MR) is 128 cm³/mol. The van der Waals surface area contributed by atoms with E-state index in [1.165, 1.54) is 11.1 Å². The van der Waals surface area contributed by atoms with E-state index < -0.39 is 12.1 Å². The van der Waals surface area contributed by atoms with Gasteiger partial charge in [0.1, 0.15) is 6.61 Å². The van der Waals surface area contributed by atoms with Crippen LogP contribution >= 0.6 is 0 Å². The van der Waals surface area contributed by atoms with Gasteiger partial charge in [-0.25, -0.2) is 4.79 Å². The van der Waals surface area contributed by atoms with E-state index in [9.17, 15) is 14.4 Å². The molecule has 0 saturated heterocycles. The third-order valence-electron chi connectivity index (χ3n) is 7.32. The molecule has 2 N–H and O–H groups in total. The number of ether oxygens (including phenoxy) is 1. The average Bonchev–Trinajstić information content (AvgIpc) is 3.12. The zero-order chi connectivity index (χ0) is 24.2. The quantitative estimate of drug-likeness (QED) is 0.578. The molecule has 2 aliphatic rings. The molecular formula is C27H32N2O5. The Labute approximate surface area is 200 Å². The number of alkyl carbamates (subject to hydrolysis) is 1. The number of nitrogens with one attached hydrogen (secondary N) is 1. The van der Waals surface area contributed by atoms with E-state index >= 15 is 0 Å². The number of nitrogens with zero attached hydrogens (tertiary/aromatic N) is 1. The summed E-state index contributed by atoms with van der Waals surface area (Å²) >= 11 is 0. The standard InChI is InChI=1S/C27H32N2O5/c1-3-17(12-25(30)29(2)19-13-18(14-19)26(31)32)15-28-27(33)34-16-24-22-10-6-4-8-20(22)21-9-5-7-11-23(21)24/h4-11,17-19,24H,3,12-16H2,1-2H3,(H,28,33)(H,31,32). The van der Waals surface area contributed by atoms with Gasteiger partial charge >= 0.3 is 12.1 Å². The summed E-state index contributed by atoms with van der Waals surface area (Å²) in [5, 5.41) is 11.9. The highest BCUT2D eigenvalue weighted by Crippen LogP contribution is 2.44. The van der Waals surface area contributed by atoms with Crippen molar-refractivity contribution in [2.45, 2.75) is 44.6 Å². The minimum atomic E-state index is -0.796. The predicted octanol–water partition coefficient (Wildman–Crippen LogP) is 4.26. The van der Waals surface area contributed by atoms with Crippen molar-refractivity contribution in [2.24, 2.45) is 11.8 Å². The first kappa shape index (κ1) is 23.8. The number of aliphatic carboxylic acids is 1. The molecule has 180 valence electrons. The van der Waals surface area contributed by atoms with Crippen LogP contribution in [0, 0.1) is 11.8 Å². The van der Waals surface area contributed by atoms with Crippen LogP contribution in [-0.2, 0) is 14.3 Å². The molecule has 2 aromatic rings. The van der Waals surface area contributed by atoms with Gasteiger partial charge in [0.2, 0.25) is 5.91 Å². The first-order valence-electron chi connectivity index (χ1n) is 12.0. The van der Waals surface area contributed by atoms with Crippen LogP contribution in [0.2, 0.25) is 0 Å². The SMILES string of the molecule is CCC(CNC(=O)OCC1c2ccccc2-c2ccccc21)CC(=O)N(C)C1CC(C(=O)O)C1. The molecule has 0 spiro atoms. The van der Waals surface area contributed by atoms with Crippen molar-refractivity contribution >= 4 is 18.0 Å². The summed E-state index contributed by atoms with van der Waals surface area (Å²) in [5.74, 6) is -1.17. The molecule has 1 unspecified atom stereocenters. The Morgan fingerprint density at radius 2 is 1.65 bits per heavy atom. The second-order valence-electron chi connectivity index (χ2n) is 9.35. The van der Waals surface area contributed by atoms with Gasteiger partial charge in [-0.3, -0.25) is 9.59 Å². The minimum absolute atomic E-state index is 0.00690. The fourth-order valence-corrected chi connectivity index (χ4v) is 4.94. The summed E-state index contributed by atoms with van der Waals surface area (Å²) in [5.41, 5.74) is 4.69. The van der Waals surface area contributed by atoms with Crippen LogP contribution in [-0.4, -0.2) is 54.2 Å². The van der Waals surface area contributed by atoms with Gasteiger partial charge in [-0.2, -0.15) is 0 Å². The van der Waals surface area contributed by atoms with E-state index in [1.807, 2.05) is 31.2 Å². The highest BCUT2D eigenvalue weighted by Gasteiger charge is 2.38. The van der Waals surface area contributed by atoms with Crippen LogP contribution in [0.1, 0.15) is 49.7 Å². The average molecular weight is 465 g/mol. The third-order valence-corrected chi connectivity index (χ3v) is 7.32. The number of carbonyl (C=O) groups is 3. The van der Waals surface area contributed by atoms with Gasteiger partial charge in [0, 0.05) is 32.0 Å². The monoisotopic (exact) mass is 464 g/mol. The Morgan fingerprint density at radius 3 is 2.21 bits per heavy atom. The van der Waals surface area contributed by atoms with Crippen molar-refractivity contribution < 1.29 is 24.2 Å². The van der Waals surface area contributed by atoms with Crippen molar-refractivity contribution in [1.82, 2.24) is 10.2 Å². The van der Waals surface area contributed by atoms with Gasteiger partial charge in [0.15, 0.2) is 0 Å². The maximum Gasteiger partial charge on any atom is 0.407 e. The fourth-order valence-electron chi connectivity index (χ4n) is 4.94. The number of amides is 2. The molecule has 0 aliphatic heterocycles. The van der Waals surface area contributed by atoms with Crippen LogP contribution < -0.4 is 5.32 Å². The molecule has 1 fully saturated rings. The molecule has 0 radical (unpaired) electrons. The Bertz CT molecular complexity index is 1020. The number of carboxylic acid groups (broad SMARTS) is 1. The van der Waals surface area contributed by atoms with Crippen LogP contribution in [0.4, 0.5) is 4.79 Å². The Kier molecular flexibility index (Phi) is 7.20. The summed E-state index contributed by atoms with van der Waals surface area (Å²) < 4.78 is 5.58. The summed E-state index contributed by atoms with van der Waals surface area (Å²) in [4.78, 5) is 37.7. The maximum absolute atomic E-state index is 12.6. The normalized spacial score (nSPS) is 19.4. The molecule has 2 aliphatic carbocycles. The Morgan fingerprint density at radius 1 is 1.06 bits per heavy atom. The van der Waals surface area contributed by atoms with E-state index in [0.717, 1.165) is 17.5 Å². The van der Waals surface area contributed by atoms with Crippen molar-refractivity contribution in [2.75, 3.05) is 20.2 Å². The van der Waals surface area contributed by atoms with Gasteiger partial charge in [0.25, 0.3) is 0 Å². The van der Waals surface area contributed by atoms with Crippen molar-refractivity contribution in [3.63, 3.8) is 0 Å². The summed E-state index contributed by atoms with van der Waals surface area (Å²) in [6.07, 6.45) is 1.58. The van der Waals surface area contributed by atoms with E-state index in [-0.39, 0.29) is 36.3 Å². The zero-order valence-electron chi connectivity index (χ0n) is 19.7. The molecule has 0 bridgehead atoms. The summed E-state index contributed by atoms with van der Waals surface area (Å²) in [6.45, 7) is 2.60. The number of hydrogen-bond donors (Lipinski definition) is 2. The van der Waals surface area contributed by atoms with E-state index in [1.54, 1.807) is 11.9 Å². The number of benzene rings is 2. The lowest BCUT2D eigenvalue weighted by Gasteiger charge is -2.39. The zero-order valence-corrected chi connectivity index (χ0v) is 19.7. The van der Waals surface area contributed by atoms with Gasteiger partial charge in [-0.1, -0.05) is 61.9 Å². The van der Waals surface area contributed by atoms with Crippen molar-refractivity contribution in [3.8, 4) is 11.1 Å². The number of fused-ring (bicyclic) bond motifs is 3. The van der Waals surface area contributed by atoms with Gasteiger partial charge in [-0.15, -0.1) is 0 Å². The topological polar surface area (TPSA) is 95.9 Å². The fraction of sp³-hybridized carbons (Fsp3) is 0.444. The molecule has 0 aromatic heterocycles. The highest BCUT2D eigenvalue weighted by atomic mass is 16.5. The molecule has 2 amide bonds. The Hall–Kier alpha value is -3.35. The lowest BCUT2D eigenvalue weighted by atomic mass is 9.79. The molecular weight excluding hydrogens is 432 g/mol. The molecule has 1 saturated carbocycles. The number of hydrogen-bond acceptors (Lipinski definition) is 4. The molecule has 2 aromatic carbocycles. The maximum atomic E-state index is 12.6. The third kappa shape index (κ3) is 4.93. The highest BCUT2D eigenvalue weighted by molar-refractivity contribution is 5.79. The van der Waals surface area contributed by atoms with Crippen LogP contribution in [0.3, 0.4) is 0 Å². The molecule has 1 atom stereocenters. The molecule has 4 rings (SSSR count). The smallest absolute Gasteiger partial charge is 0.407 e. The molecule has 0 heterocycles.